The maximum Gasteiger partial charge on any atom is 0.335 e. The Kier molecular flexibility index (Phi) is 3.73. The highest BCUT2D eigenvalue weighted by atomic mass is 16.4. The molecule has 0 bridgehead atoms. The van der Waals surface area contributed by atoms with Crippen molar-refractivity contribution in [3.05, 3.63) is 23.8 Å². The van der Waals surface area contributed by atoms with Crippen molar-refractivity contribution in [2.75, 3.05) is 24.2 Å². The minimum Gasteiger partial charge on any atom is -0.478 e. The number of aromatic carboxylic acids is 1. The Bertz CT molecular complexity index is 391. The first kappa shape index (κ1) is 12.3. The van der Waals surface area contributed by atoms with Crippen LogP contribution in [-0.2, 0) is 0 Å². The van der Waals surface area contributed by atoms with Gasteiger partial charge in [-0.15, -0.1) is 0 Å². The molecule has 0 aliphatic carbocycles. The van der Waals surface area contributed by atoms with E-state index in [2.05, 4.69) is 0 Å². The minimum atomic E-state index is -0.994. The number of nitrogens with two attached hydrogens (primary N) is 1. The lowest BCUT2D eigenvalue weighted by Crippen LogP contribution is -2.27. The van der Waals surface area contributed by atoms with Crippen molar-refractivity contribution < 1.29 is 15.0 Å². The molecule has 1 aromatic carbocycles. The van der Waals surface area contributed by atoms with Crippen LogP contribution < -0.4 is 10.6 Å². The number of aliphatic hydroxyl groups is 1. The van der Waals surface area contributed by atoms with Gasteiger partial charge in [-0.3, -0.25) is 0 Å². The molecule has 0 saturated carbocycles. The number of carboxylic acid groups (broad SMARTS) is 1. The summed E-state index contributed by atoms with van der Waals surface area (Å²) in [5, 5.41) is 18.1. The zero-order chi connectivity index (χ0) is 12.3. The van der Waals surface area contributed by atoms with Crippen LogP contribution >= 0.6 is 0 Å². The van der Waals surface area contributed by atoms with Crippen LogP contribution in [0.25, 0.3) is 0 Å². The van der Waals surface area contributed by atoms with Gasteiger partial charge in [0, 0.05) is 13.6 Å². The van der Waals surface area contributed by atoms with E-state index in [4.69, 9.17) is 10.8 Å². The number of benzene rings is 1. The molecule has 0 saturated heterocycles. The van der Waals surface area contributed by atoms with Gasteiger partial charge in [0.05, 0.1) is 23.0 Å². The van der Waals surface area contributed by atoms with E-state index in [0.717, 1.165) is 0 Å². The number of carboxylic acids is 1. The second-order valence-electron chi connectivity index (χ2n) is 3.81. The predicted octanol–water partition coefficient (Wildman–Crippen LogP) is 0.784. The summed E-state index contributed by atoms with van der Waals surface area (Å²) in [6, 6.07) is 4.51. The zero-order valence-corrected chi connectivity index (χ0v) is 9.34. The molecule has 1 rings (SSSR count). The van der Waals surface area contributed by atoms with Crippen molar-refractivity contribution in [3.8, 4) is 0 Å². The third-order valence-electron chi connectivity index (χ3n) is 2.23. The Morgan fingerprint density at radius 3 is 2.69 bits per heavy atom. The molecule has 1 unspecified atom stereocenters. The Morgan fingerprint density at radius 1 is 1.56 bits per heavy atom. The molecule has 88 valence electrons. The summed E-state index contributed by atoms with van der Waals surface area (Å²) in [5.41, 5.74) is 7.04. The number of likely N-dealkylation sites (N-methyl/N-ethyl adjacent to an activating group) is 1. The Balaban J connectivity index is 3.02. The normalized spacial score (nSPS) is 12.2. The Hall–Kier alpha value is -1.75. The molecule has 0 fully saturated rings. The van der Waals surface area contributed by atoms with Gasteiger partial charge in [0.1, 0.15) is 0 Å². The summed E-state index contributed by atoms with van der Waals surface area (Å²) in [5.74, 6) is -0.994. The van der Waals surface area contributed by atoms with Crippen molar-refractivity contribution in [2.24, 2.45) is 0 Å². The van der Waals surface area contributed by atoms with Crippen LogP contribution in [0.4, 0.5) is 11.4 Å². The molecule has 0 radical (unpaired) electrons. The highest BCUT2D eigenvalue weighted by Gasteiger charge is 2.11. The molecule has 5 nitrogen and oxygen atoms in total. The highest BCUT2D eigenvalue weighted by molar-refractivity contribution is 5.90. The lowest BCUT2D eigenvalue weighted by atomic mass is 10.1. The number of hydrogen-bond donors (Lipinski definition) is 3. The Labute approximate surface area is 94.1 Å². The Morgan fingerprint density at radius 2 is 2.19 bits per heavy atom. The quantitative estimate of drug-likeness (QED) is 0.658. The first-order chi connectivity index (χ1) is 7.41. The molecule has 0 aliphatic heterocycles. The number of anilines is 2. The first-order valence-electron chi connectivity index (χ1n) is 4.94. The van der Waals surface area contributed by atoms with Crippen LogP contribution in [0, 0.1) is 0 Å². The summed E-state index contributed by atoms with van der Waals surface area (Å²) in [6.45, 7) is 2.06. The maximum absolute atomic E-state index is 10.8. The number of hydrogen-bond acceptors (Lipinski definition) is 4. The standard InChI is InChI=1S/C11H16N2O3/c1-7(14)6-13(2)10-5-8(11(15)16)3-4-9(10)12/h3-5,7,14H,6,12H2,1-2H3,(H,15,16). The van der Waals surface area contributed by atoms with Crippen LogP contribution in [0.1, 0.15) is 17.3 Å². The second kappa shape index (κ2) is 4.85. The molecule has 1 aromatic rings. The molecule has 4 N–H and O–H groups in total. The second-order valence-corrected chi connectivity index (χ2v) is 3.81. The third kappa shape index (κ3) is 2.87. The van der Waals surface area contributed by atoms with Gasteiger partial charge in [0.2, 0.25) is 0 Å². The number of carbonyl (C=O) groups is 1. The van der Waals surface area contributed by atoms with Crippen LogP contribution in [0.2, 0.25) is 0 Å². The van der Waals surface area contributed by atoms with Gasteiger partial charge in [-0.2, -0.15) is 0 Å². The van der Waals surface area contributed by atoms with Gasteiger partial charge < -0.3 is 20.8 Å². The molecular weight excluding hydrogens is 208 g/mol. The van der Waals surface area contributed by atoms with Gasteiger partial charge in [0.15, 0.2) is 0 Å². The summed E-state index contributed by atoms with van der Waals surface area (Å²) < 4.78 is 0. The monoisotopic (exact) mass is 224 g/mol. The van der Waals surface area contributed by atoms with E-state index in [1.807, 2.05) is 0 Å². The summed E-state index contributed by atoms with van der Waals surface area (Å²) in [6.07, 6.45) is -0.502. The zero-order valence-electron chi connectivity index (χ0n) is 9.34. The highest BCUT2D eigenvalue weighted by Crippen LogP contribution is 2.23. The molecule has 0 heterocycles. The fourth-order valence-electron chi connectivity index (χ4n) is 1.50. The molecular formula is C11H16N2O3. The lowest BCUT2D eigenvalue weighted by molar-refractivity contribution is 0.0697. The fourth-order valence-corrected chi connectivity index (χ4v) is 1.50. The van der Waals surface area contributed by atoms with Gasteiger partial charge in [-0.1, -0.05) is 0 Å². The molecule has 16 heavy (non-hydrogen) atoms. The molecule has 1 atom stereocenters. The fraction of sp³-hybridized carbons (Fsp3) is 0.364. The number of nitrogen functional groups attached to an aromatic ring is 1. The average Bonchev–Trinajstić information content (AvgIpc) is 2.16. The van der Waals surface area contributed by atoms with Crippen molar-refractivity contribution in [3.63, 3.8) is 0 Å². The molecule has 5 heteroatoms. The number of rotatable bonds is 4. The van der Waals surface area contributed by atoms with Crippen LogP contribution in [0.15, 0.2) is 18.2 Å². The molecule has 0 spiro atoms. The van der Waals surface area contributed by atoms with Gasteiger partial charge in [0.25, 0.3) is 0 Å². The van der Waals surface area contributed by atoms with E-state index in [0.29, 0.717) is 17.9 Å². The van der Waals surface area contributed by atoms with E-state index in [1.54, 1.807) is 24.9 Å². The van der Waals surface area contributed by atoms with Crippen LogP contribution in [0.3, 0.4) is 0 Å². The van der Waals surface area contributed by atoms with Crippen molar-refractivity contribution in [1.82, 2.24) is 0 Å². The smallest absolute Gasteiger partial charge is 0.335 e. The SMILES string of the molecule is CC(O)CN(C)c1cc(C(=O)O)ccc1N. The summed E-state index contributed by atoms with van der Waals surface area (Å²) in [4.78, 5) is 12.5. The molecule has 0 aromatic heterocycles. The van der Waals surface area contributed by atoms with E-state index in [1.165, 1.54) is 12.1 Å². The van der Waals surface area contributed by atoms with Crippen molar-refractivity contribution in [2.45, 2.75) is 13.0 Å². The number of nitrogens with zero attached hydrogens (tertiary/aromatic N) is 1. The summed E-state index contributed by atoms with van der Waals surface area (Å²) in [7, 11) is 1.75. The van der Waals surface area contributed by atoms with E-state index >= 15 is 0 Å². The maximum atomic E-state index is 10.8. The van der Waals surface area contributed by atoms with E-state index < -0.39 is 12.1 Å². The van der Waals surface area contributed by atoms with Gasteiger partial charge >= 0.3 is 5.97 Å². The van der Waals surface area contributed by atoms with Crippen LogP contribution in [-0.4, -0.2) is 35.9 Å². The predicted molar refractivity (Wildman–Crippen MR) is 62.8 cm³/mol. The van der Waals surface area contributed by atoms with Gasteiger partial charge in [-0.25, -0.2) is 4.79 Å². The first-order valence-corrected chi connectivity index (χ1v) is 4.94. The van der Waals surface area contributed by atoms with E-state index in [-0.39, 0.29) is 5.56 Å². The topological polar surface area (TPSA) is 86.8 Å². The van der Waals surface area contributed by atoms with Crippen molar-refractivity contribution >= 4 is 17.3 Å². The average molecular weight is 224 g/mol. The number of aliphatic hydroxyl groups excluding tert-OH is 1. The molecule has 0 aliphatic rings. The van der Waals surface area contributed by atoms with Crippen molar-refractivity contribution in [1.29, 1.82) is 0 Å². The molecule has 0 amide bonds. The largest absolute Gasteiger partial charge is 0.478 e. The minimum absolute atomic E-state index is 0.182. The third-order valence-corrected chi connectivity index (χ3v) is 2.23. The van der Waals surface area contributed by atoms with Crippen LogP contribution in [0.5, 0.6) is 0 Å². The summed E-state index contributed by atoms with van der Waals surface area (Å²) >= 11 is 0. The van der Waals surface area contributed by atoms with E-state index in [9.17, 15) is 9.90 Å². The lowest BCUT2D eigenvalue weighted by Gasteiger charge is -2.22. The van der Waals surface area contributed by atoms with Gasteiger partial charge in [-0.05, 0) is 25.1 Å².